The lowest BCUT2D eigenvalue weighted by atomic mass is 10.2. The van der Waals surface area contributed by atoms with Crippen LogP contribution in [0.3, 0.4) is 0 Å². The second-order valence-electron chi connectivity index (χ2n) is 4.63. The Morgan fingerprint density at radius 1 is 1.35 bits per heavy atom. The zero-order valence-corrected chi connectivity index (χ0v) is 12.2. The largest absolute Gasteiger partial charge is 0.481 e. The first kappa shape index (κ1) is 16.2. The molecule has 1 rings (SSSR count). The number of hydrogen-bond donors (Lipinski definition) is 1. The molecule has 110 valence electrons. The Labute approximate surface area is 120 Å². The third-order valence-corrected chi connectivity index (χ3v) is 2.58. The molecule has 0 bridgehead atoms. The zero-order chi connectivity index (χ0) is 14.8. The summed E-state index contributed by atoms with van der Waals surface area (Å²) in [5, 5.41) is 2.81. The van der Waals surface area contributed by atoms with Gasteiger partial charge in [-0.25, -0.2) is 0 Å². The molecule has 0 fully saturated rings. The van der Waals surface area contributed by atoms with Crippen LogP contribution >= 0.6 is 0 Å². The highest BCUT2D eigenvalue weighted by atomic mass is 16.5. The van der Waals surface area contributed by atoms with Gasteiger partial charge in [0.05, 0.1) is 13.2 Å². The second-order valence-corrected chi connectivity index (χ2v) is 4.63. The van der Waals surface area contributed by atoms with Gasteiger partial charge in [0.15, 0.2) is 6.10 Å². The van der Waals surface area contributed by atoms with Crippen LogP contribution in [0.15, 0.2) is 42.5 Å². The lowest BCUT2D eigenvalue weighted by Gasteiger charge is -2.17. The summed E-state index contributed by atoms with van der Waals surface area (Å²) >= 11 is 0. The number of rotatable bonds is 9. The van der Waals surface area contributed by atoms with Gasteiger partial charge in [0.1, 0.15) is 5.75 Å². The van der Waals surface area contributed by atoms with E-state index in [1.54, 1.807) is 0 Å². The lowest BCUT2D eigenvalue weighted by molar-refractivity contribution is -0.128. The average Bonchev–Trinajstić information content (AvgIpc) is 2.45. The van der Waals surface area contributed by atoms with E-state index in [1.807, 2.05) is 44.2 Å². The van der Waals surface area contributed by atoms with Gasteiger partial charge in [-0.05, 0) is 25.5 Å². The van der Waals surface area contributed by atoms with Crippen LogP contribution in [0.4, 0.5) is 0 Å². The molecular formula is C16H23NO3. The Hall–Kier alpha value is -1.81. The number of benzene rings is 1. The Balaban J connectivity index is 2.30. The highest BCUT2D eigenvalue weighted by Crippen LogP contribution is 2.12. The molecule has 0 aromatic heterocycles. The summed E-state index contributed by atoms with van der Waals surface area (Å²) in [7, 11) is 0. The maximum absolute atomic E-state index is 12.0. The van der Waals surface area contributed by atoms with E-state index in [1.165, 1.54) is 0 Å². The fourth-order valence-electron chi connectivity index (χ4n) is 1.59. The molecule has 1 amide bonds. The fourth-order valence-corrected chi connectivity index (χ4v) is 1.59. The molecule has 0 aliphatic rings. The normalized spacial score (nSPS) is 11.7. The molecule has 0 spiro atoms. The van der Waals surface area contributed by atoms with E-state index in [4.69, 9.17) is 9.47 Å². The van der Waals surface area contributed by atoms with Gasteiger partial charge < -0.3 is 14.8 Å². The van der Waals surface area contributed by atoms with Crippen LogP contribution in [0.5, 0.6) is 5.75 Å². The molecule has 20 heavy (non-hydrogen) atoms. The van der Waals surface area contributed by atoms with E-state index in [0.29, 0.717) is 31.9 Å². The van der Waals surface area contributed by atoms with Gasteiger partial charge in [-0.15, -0.1) is 0 Å². The van der Waals surface area contributed by atoms with Crippen molar-refractivity contribution in [1.29, 1.82) is 0 Å². The Bertz CT molecular complexity index is 417. The van der Waals surface area contributed by atoms with Crippen LogP contribution in [0, 0.1) is 0 Å². The fraction of sp³-hybridized carbons (Fsp3) is 0.438. The molecule has 0 saturated carbocycles. The van der Waals surface area contributed by atoms with E-state index in [0.717, 1.165) is 5.57 Å². The van der Waals surface area contributed by atoms with Crippen molar-refractivity contribution in [2.45, 2.75) is 26.4 Å². The molecule has 4 nitrogen and oxygen atoms in total. The van der Waals surface area contributed by atoms with Crippen molar-refractivity contribution in [2.75, 3.05) is 19.8 Å². The van der Waals surface area contributed by atoms with Crippen LogP contribution in [0.2, 0.25) is 0 Å². The van der Waals surface area contributed by atoms with Crippen LogP contribution < -0.4 is 10.1 Å². The van der Waals surface area contributed by atoms with Crippen molar-refractivity contribution in [2.24, 2.45) is 0 Å². The van der Waals surface area contributed by atoms with Crippen LogP contribution in [0.1, 0.15) is 20.3 Å². The highest BCUT2D eigenvalue weighted by molar-refractivity contribution is 5.81. The molecule has 0 heterocycles. The number of amides is 1. The van der Waals surface area contributed by atoms with Crippen molar-refractivity contribution in [3.8, 4) is 5.75 Å². The summed E-state index contributed by atoms with van der Waals surface area (Å²) in [5.41, 5.74) is 0.968. The SMILES string of the molecule is C=C(C)COCCNC(=O)C(CC)Oc1ccccc1. The molecule has 1 aromatic carbocycles. The summed E-state index contributed by atoms with van der Waals surface area (Å²) < 4.78 is 11.0. The minimum absolute atomic E-state index is 0.115. The Kier molecular flexibility index (Phi) is 7.43. The van der Waals surface area contributed by atoms with Crippen LogP contribution in [-0.2, 0) is 9.53 Å². The molecular weight excluding hydrogens is 254 g/mol. The number of hydrogen-bond acceptors (Lipinski definition) is 3. The van der Waals surface area contributed by atoms with Crippen LogP contribution in [0.25, 0.3) is 0 Å². The third-order valence-electron chi connectivity index (χ3n) is 2.58. The van der Waals surface area contributed by atoms with Crippen molar-refractivity contribution in [3.05, 3.63) is 42.5 Å². The first-order chi connectivity index (χ1) is 9.63. The molecule has 1 aromatic rings. The quantitative estimate of drug-likeness (QED) is 0.557. The molecule has 1 N–H and O–H groups in total. The minimum atomic E-state index is -0.474. The lowest BCUT2D eigenvalue weighted by Crippen LogP contribution is -2.39. The van der Waals surface area contributed by atoms with Gasteiger partial charge >= 0.3 is 0 Å². The summed E-state index contributed by atoms with van der Waals surface area (Å²) in [6, 6.07) is 9.35. The van der Waals surface area contributed by atoms with Crippen molar-refractivity contribution < 1.29 is 14.3 Å². The summed E-state index contributed by atoms with van der Waals surface area (Å²) in [6.07, 6.45) is 0.145. The topological polar surface area (TPSA) is 47.6 Å². The number of carbonyl (C=O) groups is 1. The number of ether oxygens (including phenoxy) is 2. The maximum atomic E-state index is 12.0. The standard InChI is InChI=1S/C16H23NO3/c1-4-15(20-14-8-6-5-7-9-14)16(18)17-10-11-19-12-13(2)3/h5-9,15H,2,4,10-12H2,1,3H3,(H,17,18). The molecule has 1 atom stereocenters. The van der Waals surface area contributed by atoms with Crippen molar-refractivity contribution >= 4 is 5.91 Å². The van der Waals surface area contributed by atoms with Gasteiger partial charge in [-0.3, -0.25) is 4.79 Å². The number of para-hydroxylation sites is 1. The monoisotopic (exact) mass is 277 g/mol. The van der Waals surface area contributed by atoms with Gasteiger partial charge in [-0.2, -0.15) is 0 Å². The van der Waals surface area contributed by atoms with Crippen molar-refractivity contribution in [1.82, 2.24) is 5.32 Å². The van der Waals surface area contributed by atoms with Crippen molar-refractivity contribution in [3.63, 3.8) is 0 Å². The molecule has 0 aliphatic heterocycles. The maximum Gasteiger partial charge on any atom is 0.261 e. The Morgan fingerprint density at radius 2 is 2.05 bits per heavy atom. The minimum Gasteiger partial charge on any atom is -0.481 e. The molecule has 1 unspecified atom stereocenters. The summed E-state index contributed by atoms with van der Waals surface area (Å²) in [4.78, 5) is 12.0. The van der Waals surface area contributed by atoms with Gasteiger partial charge in [-0.1, -0.05) is 37.3 Å². The third kappa shape index (κ3) is 6.38. The predicted molar refractivity (Wildman–Crippen MR) is 79.8 cm³/mol. The summed E-state index contributed by atoms with van der Waals surface area (Å²) in [6.45, 7) is 9.03. The molecule has 4 heteroatoms. The summed E-state index contributed by atoms with van der Waals surface area (Å²) in [5.74, 6) is 0.586. The van der Waals surface area contributed by atoms with Gasteiger partial charge in [0.2, 0.25) is 0 Å². The second kappa shape index (κ2) is 9.15. The van der Waals surface area contributed by atoms with Crippen LogP contribution in [-0.4, -0.2) is 31.8 Å². The first-order valence-corrected chi connectivity index (χ1v) is 6.85. The number of nitrogens with one attached hydrogen (secondary N) is 1. The van der Waals surface area contributed by atoms with E-state index in [-0.39, 0.29) is 5.91 Å². The smallest absolute Gasteiger partial charge is 0.261 e. The van der Waals surface area contributed by atoms with Gasteiger partial charge in [0, 0.05) is 6.54 Å². The van der Waals surface area contributed by atoms with Gasteiger partial charge in [0.25, 0.3) is 5.91 Å². The number of carbonyl (C=O) groups excluding carboxylic acids is 1. The molecule has 0 radical (unpaired) electrons. The Morgan fingerprint density at radius 3 is 2.65 bits per heavy atom. The molecule has 0 aliphatic carbocycles. The zero-order valence-electron chi connectivity index (χ0n) is 12.2. The van der Waals surface area contributed by atoms with E-state index >= 15 is 0 Å². The average molecular weight is 277 g/mol. The van der Waals surface area contributed by atoms with E-state index in [2.05, 4.69) is 11.9 Å². The first-order valence-electron chi connectivity index (χ1n) is 6.85. The highest BCUT2D eigenvalue weighted by Gasteiger charge is 2.17. The predicted octanol–water partition coefficient (Wildman–Crippen LogP) is 2.55. The van der Waals surface area contributed by atoms with E-state index in [9.17, 15) is 4.79 Å². The van der Waals surface area contributed by atoms with E-state index < -0.39 is 6.10 Å². The molecule has 0 saturated heterocycles.